The second-order valence-electron chi connectivity index (χ2n) is 2.82. The van der Waals surface area contributed by atoms with E-state index in [0.29, 0.717) is 0 Å². The smallest absolute Gasteiger partial charge is 0.333 e. The van der Waals surface area contributed by atoms with Crippen molar-refractivity contribution in [2.45, 2.75) is 6.10 Å². The Morgan fingerprint density at radius 3 is 2.00 bits per heavy atom. The Bertz CT molecular complexity index is 169. The van der Waals surface area contributed by atoms with Crippen molar-refractivity contribution in [2.24, 2.45) is 0 Å². The quantitative estimate of drug-likeness (QED) is 0.283. The molecule has 0 saturated heterocycles. The number of nitrogens with zero attached hydrogens (tertiary/aromatic N) is 1. The third-order valence-corrected chi connectivity index (χ3v) is 1.71. The van der Waals surface area contributed by atoms with Crippen LogP contribution in [0.5, 0.6) is 0 Å². The number of aliphatic carboxylic acids is 1. The van der Waals surface area contributed by atoms with Crippen LogP contribution in [0.3, 0.4) is 0 Å². The molecule has 15 heavy (non-hydrogen) atoms. The summed E-state index contributed by atoms with van der Waals surface area (Å²) in [6, 6.07) is 0. The normalized spacial score (nSPS) is 13.1. The fourth-order valence-corrected chi connectivity index (χ4v) is 0.957. The van der Waals surface area contributed by atoms with Gasteiger partial charge in [0, 0.05) is 19.6 Å². The maximum Gasteiger partial charge on any atom is 0.333 e. The molecule has 0 saturated carbocycles. The number of carboxylic acid groups (broad SMARTS) is 1. The van der Waals surface area contributed by atoms with E-state index in [9.17, 15) is 4.79 Å². The van der Waals surface area contributed by atoms with E-state index in [1.54, 1.807) is 0 Å². The first-order valence-corrected chi connectivity index (χ1v) is 4.27. The number of rotatable bonds is 9. The molecular weight excluding hydrogens is 210 g/mol. The minimum Gasteiger partial charge on any atom is -0.479 e. The highest BCUT2D eigenvalue weighted by Crippen LogP contribution is 1.93. The maximum absolute atomic E-state index is 10.3. The standard InChI is InChI=1S/C7H15NO7/c9-6(7(10)11)5-8(1-3-14-12)2-4-15-13/h6,9,12-13H,1-5H2,(H,10,11). The zero-order chi connectivity index (χ0) is 11.7. The highest BCUT2D eigenvalue weighted by Gasteiger charge is 2.17. The zero-order valence-electron chi connectivity index (χ0n) is 8.07. The fraction of sp³-hybridized carbons (Fsp3) is 0.857. The summed E-state index contributed by atoms with van der Waals surface area (Å²) in [5.41, 5.74) is 0. The molecule has 4 N–H and O–H groups in total. The van der Waals surface area contributed by atoms with E-state index in [1.807, 2.05) is 0 Å². The summed E-state index contributed by atoms with van der Waals surface area (Å²) in [6.45, 7) is 0.228. The summed E-state index contributed by atoms with van der Waals surface area (Å²) in [6.07, 6.45) is -1.53. The van der Waals surface area contributed by atoms with Crippen molar-refractivity contribution in [1.82, 2.24) is 4.90 Å². The van der Waals surface area contributed by atoms with Gasteiger partial charge in [-0.1, -0.05) is 0 Å². The van der Waals surface area contributed by atoms with Gasteiger partial charge in [0.25, 0.3) is 0 Å². The molecule has 1 atom stereocenters. The summed E-state index contributed by atoms with van der Waals surface area (Å²) in [5.74, 6) is -1.34. The molecule has 0 aromatic carbocycles. The van der Waals surface area contributed by atoms with E-state index < -0.39 is 12.1 Å². The third kappa shape index (κ3) is 7.19. The topological polar surface area (TPSA) is 120 Å². The fourth-order valence-electron chi connectivity index (χ4n) is 0.957. The van der Waals surface area contributed by atoms with Gasteiger partial charge in [-0.2, -0.15) is 0 Å². The zero-order valence-corrected chi connectivity index (χ0v) is 8.07. The predicted octanol–water partition coefficient (Wildman–Crippen LogP) is -1.29. The molecule has 0 aliphatic rings. The van der Waals surface area contributed by atoms with Gasteiger partial charge in [-0.05, 0) is 0 Å². The second-order valence-corrected chi connectivity index (χ2v) is 2.82. The highest BCUT2D eigenvalue weighted by molar-refractivity contribution is 5.72. The molecule has 0 aromatic heterocycles. The molecule has 90 valence electrons. The number of aliphatic hydroxyl groups excluding tert-OH is 1. The lowest BCUT2D eigenvalue weighted by Gasteiger charge is -2.21. The Kier molecular flexibility index (Phi) is 8.09. The molecular formula is C7H15NO7. The van der Waals surface area contributed by atoms with Crippen LogP contribution in [0.1, 0.15) is 0 Å². The van der Waals surface area contributed by atoms with Crippen molar-refractivity contribution in [2.75, 3.05) is 32.8 Å². The summed E-state index contributed by atoms with van der Waals surface area (Å²) in [5, 5.41) is 33.7. The van der Waals surface area contributed by atoms with E-state index in [1.165, 1.54) is 4.90 Å². The molecule has 0 aromatic rings. The van der Waals surface area contributed by atoms with Crippen LogP contribution < -0.4 is 0 Å². The Labute approximate surface area is 86.1 Å². The van der Waals surface area contributed by atoms with Gasteiger partial charge in [0.1, 0.15) is 0 Å². The molecule has 0 spiro atoms. The minimum absolute atomic E-state index is 0.0300. The summed E-state index contributed by atoms with van der Waals surface area (Å²) in [7, 11) is 0. The average Bonchev–Trinajstić information content (AvgIpc) is 2.21. The molecule has 8 heteroatoms. The van der Waals surface area contributed by atoms with Crippen molar-refractivity contribution in [3.05, 3.63) is 0 Å². The van der Waals surface area contributed by atoms with Crippen molar-refractivity contribution >= 4 is 5.97 Å². The van der Waals surface area contributed by atoms with Gasteiger partial charge in [0.15, 0.2) is 6.10 Å². The van der Waals surface area contributed by atoms with E-state index in [-0.39, 0.29) is 32.8 Å². The van der Waals surface area contributed by atoms with Crippen LogP contribution in [-0.4, -0.2) is 70.5 Å². The van der Waals surface area contributed by atoms with E-state index in [4.69, 9.17) is 20.7 Å². The number of hydrogen-bond donors (Lipinski definition) is 4. The Hall–Kier alpha value is -0.770. The van der Waals surface area contributed by atoms with E-state index in [0.717, 1.165) is 0 Å². The maximum atomic E-state index is 10.3. The first-order chi connectivity index (χ1) is 7.11. The monoisotopic (exact) mass is 225 g/mol. The molecule has 0 fully saturated rings. The van der Waals surface area contributed by atoms with Gasteiger partial charge in [0.05, 0.1) is 13.2 Å². The van der Waals surface area contributed by atoms with Gasteiger partial charge < -0.3 is 10.2 Å². The Morgan fingerprint density at radius 2 is 1.67 bits per heavy atom. The SMILES string of the molecule is O=C(O)C(O)CN(CCOO)CCOO. The lowest BCUT2D eigenvalue weighted by molar-refractivity contribution is -0.252. The summed E-state index contributed by atoms with van der Waals surface area (Å²) >= 11 is 0. The molecule has 0 aliphatic carbocycles. The van der Waals surface area contributed by atoms with Crippen LogP contribution in [0.15, 0.2) is 0 Å². The Morgan fingerprint density at radius 1 is 1.20 bits per heavy atom. The minimum atomic E-state index is -1.53. The third-order valence-electron chi connectivity index (χ3n) is 1.71. The molecule has 8 nitrogen and oxygen atoms in total. The van der Waals surface area contributed by atoms with Gasteiger partial charge >= 0.3 is 5.97 Å². The van der Waals surface area contributed by atoms with Gasteiger partial charge in [-0.15, -0.1) is 0 Å². The Balaban J connectivity index is 3.92. The number of hydrogen-bond acceptors (Lipinski definition) is 7. The van der Waals surface area contributed by atoms with Crippen LogP contribution in [-0.2, 0) is 14.6 Å². The average molecular weight is 225 g/mol. The lowest BCUT2D eigenvalue weighted by Crippen LogP contribution is -2.40. The van der Waals surface area contributed by atoms with Crippen LogP contribution >= 0.6 is 0 Å². The molecule has 0 rings (SSSR count). The lowest BCUT2D eigenvalue weighted by atomic mass is 10.3. The molecule has 1 unspecified atom stereocenters. The van der Waals surface area contributed by atoms with Crippen LogP contribution in [0.2, 0.25) is 0 Å². The molecule has 0 radical (unpaired) electrons. The number of carboxylic acids is 1. The first-order valence-electron chi connectivity index (χ1n) is 4.27. The van der Waals surface area contributed by atoms with E-state index >= 15 is 0 Å². The van der Waals surface area contributed by atoms with Gasteiger partial charge in [0.2, 0.25) is 0 Å². The molecule has 0 amide bonds. The molecule has 0 heterocycles. The molecule has 0 bridgehead atoms. The van der Waals surface area contributed by atoms with E-state index in [2.05, 4.69) is 9.78 Å². The highest BCUT2D eigenvalue weighted by atomic mass is 17.1. The van der Waals surface area contributed by atoms with Crippen LogP contribution in [0.4, 0.5) is 0 Å². The first kappa shape index (κ1) is 14.2. The van der Waals surface area contributed by atoms with Crippen LogP contribution in [0, 0.1) is 0 Å². The van der Waals surface area contributed by atoms with Crippen molar-refractivity contribution in [1.29, 1.82) is 0 Å². The summed E-state index contributed by atoms with van der Waals surface area (Å²) in [4.78, 5) is 19.4. The largest absolute Gasteiger partial charge is 0.479 e. The summed E-state index contributed by atoms with van der Waals surface area (Å²) < 4.78 is 0. The van der Waals surface area contributed by atoms with Crippen molar-refractivity contribution in [3.8, 4) is 0 Å². The van der Waals surface area contributed by atoms with Crippen molar-refractivity contribution < 1.29 is 35.3 Å². The predicted molar refractivity (Wildman–Crippen MR) is 47.2 cm³/mol. The number of carbonyl (C=O) groups is 1. The number of aliphatic hydroxyl groups is 1. The van der Waals surface area contributed by atoms with Gasteiger partial charge in [-0.3, -0.25) is 15.4 Å². The van der Waals surface area contributed by atoms with Crippen LogP contribution in [0.25, 0.3) is 0 Å². The van der Waals surface area contributed by atoms with Crippen molar-refractivity contribution in [3.63, 3.8) is 0 Å². The molecule has 0 aliphatic heterocycles. The van der Waals surface area contributed by atoms with Gasteiger partial charge in [-0.25, -0.2) is 14.6 Å². The second kappa shape index (κ2) is 8.53.